The summed E-state index contributed by atoms with van der Waals surface area (Å²) in [5.74, 6) is -0.579. The van der Waals surface area contributed by atoms with Crippen molar-refractivity contribution in [2.45, 2.75) is 31.8 Å². The standard InChI is InChI=1S/C15H21N3O4/c16-13-9-11(5-6-17-13)1-2-12-10-18(7-8-22-12)14(19)3-4-15(20)21/h5-6,9,12H,1-4,7-8,10H2,(H2,16,17)(H,20,21). The summed E-state index contributed by atoms with van der Waals surface area (Å²) >= 11 is 0. The number of rotatable bonds is 6. The number of carboxylic acid groups (broad SMARTS) is 1. The molecule has 0 aliphatic carbocycles. The highest BCUT2D eigenvalue weighted by molar-refractivity contribution is 5.80. The Morgan fingerprint density at radius 2 is 2.27 bits per heavy atom. The van der Waals surface area contributed by atoms with E-state index in [-0.39, 0.29) is 24.9 Å². The number of aliphatic carboxylic acids is 1. The molecule has 1 aromatic rings. The van der Waals surface area contributed by atoms with Gasteiger partial charge in [-0.1, -0.05) is 0 Å². The molecule has 0 spiro atoms. The third-order valence-corrected chi connectivity index (χ3v) is 3.64. The summed E-state index contributed by atoms with van der Waals surface area (Å²) in [5.41, 5.74) is 6.73. The predicted octanol–water partition coefficient (Wildman–Crippen LogP) is 0.689. The lowest BCUT2D eigenvalue weighted by atomic mass is 10.1. The Balaban J connectivity index is 1.80. The lowest BCUT2D eigenvalue weighted by Gasteiger charge is -2.33. The molecule has 2 rings (SSSR count). The topological polar surface area (TPSA) is 106 Å². The molecule has 1 unspecified atom stereocenters. The highest BCUT2D eigenvalue weighted by Crippen LogP contribution is 2.14. The largest absolute Gasteiger partial charge is 0.481 e. The number of carbonyl (C=O) groups is 2. The summed E-state index contributed by atoms with van der Waals surface area (Å²) < 4.78 is 5.68. The molecule has 0 bridgehead atoms. The zero-order valence-corrected chi connectivity index (χ0v) is 12.4. The summed E-state index contributed by atoms with van der Waals surface area (Å²) in [6.07, 6.45) is 3.14. The highest BCUT2D eigenvalue weighted by atomic mass is 16.5. The highest BCUT2D eigenvalue weighted by Gasteiger charge is 2.24. The van der Waals surface area contributed by atoms with Crippen molar-refractivity contribution in [3.05, 3.63) is 23.9 Å². The number of carboxylic acids is 1. The number of nitrogen functional groups attached to an aromatic ring is 1. The van der Waals surface area contributed by atoms with E-state index < -0.39 is 5.97 Å². The van der Waals surface area contributed by atoms with Crippen LogP contribution in [0.3, 0.4) is 0 Å². The van der Waals surface area contributed by atoms with Gasteiger partial charge < -0.3 is 20.5 Å². The Kier molecular flexibility index (Phi) is 5.71. The molecule has 7 nitrogen and oxygen atoms in total. The second-order valence-electron chi connectivity index (χ2n) is 5.35. The molecule has 1 amide bonds. The average molecular weight is 307 g/mol. The Hall–Kier alpha value is -2.15. The van der Waals surface area contributed by atoms with E-state index in [0.717, 1.165) is 18.4 Å². The number of amides is 1. The zero-order chi connectivity index (χ0) is 15.9. The van der Waals surface area contributed by atoms with E-state index in [0.29, 0.717) is 25.5 Å². The third-order valence-electron chi connectivity index (χ3n) is 3.64. The van der Waals surface area contributed by atoms with Crippen LogP contribution in [0.25, 0.3) is 0 Å². The second-order valence-corrected chi connectivity index (χ2v) is 5.35. The van der Waals surface area contributed by atoms with Crippen LogP contribution < -0.4 is 5.73 Å². The van der Waals surface area contributed by atoms with Crippen molar-refractivity contribution in [2.75, 3.05) is 25.4 Å². The van der Waals surface area contributed by atoms with Crippen molar-refractivity contribution in [2.24, 2.45) is 0 Å². The van der Waals surface area contributed by atoms with Crippen LogP contribution in [0.15, 0.2) is 18.3 Å². The minimum absolute atomic E-state index is 0.0306. The molecule has 1 fully saturated rings. The predicted molar refractivity (Wildman–Crippen MR) is 80.2 cm³/mol. The molecule has 22 heavy (non-hydrogen) atoms. The van der Waals surface area contributed by atoms with Gasteiger partial charge in [-0.25, -0.2) is 4.98 Å². The van der Waals surface area contributed by atoms with Crippen molar-refractivity contribution in [3.63, 3.8) is 0 Å². The van der Waals surface area contributed by atoms with E-state index in [4.69, 9.17) is 15.6 Å². The lowest BCUT2D eigenvalue weighted by molar-refractivity contribution is -0.144. The number of carbonyl (C=O) groups excluding carboxylic acids is 1. The van der Waals surface area contributed by atoms with Crippen molar-refractivity contribution >= 4 is 17.7 Å². The first kappa shape index (κ1) is 16.2. The smallest absolute Gasteiger partial charge is 0.303 e. The van der Waals surface area contributed by atoms with Crippen LogP contribution >= 0.6 is 0 Å². The SMILES string of the molecule is Nc1cc(CCC2CN(C(=O)CCC(=O)O)CCO2)ccn1. The van der Waals surface area contributed by atoms with Gasteiger partial charge in [0.05, 0.1) is 19.1 Å². The molecule has 0 radical (unpaired) electrons. The van der Waals surface area contributed by atoms with Crippen molar-refractivity contribution in [1.29, 1.82) is 0 Å². The van der Waals surface area contributed by atoms with Crippen LogP contribution in [0.1, 0.15) is 24.8 Å². The van der Waals surface area contributed by atoms with Crippen molar-refractivity contribution in [1.82, 2.24) is 9.88 Å². The quantitative estimate of drug-likeness (QED) is 0.801. The maximum atomic E-state index is 11.9. The van der Waals surface area contributed by atoms with Gasteiger partial charge in [-0.3, -0.25) is 9.59 Å². The molecule has 3 N–H and O–H groups in total. The number of aryl methyl sites for hydroxylation is 1. The summed E-state index contributed by atoms with van der Waals surface area (Å²) in [6.45, 7) is 1.53. The van der Waals surface area contributed by atoms with Gasteiger partial charge in [0.25, 0.3) is 0 Å². The summed E-state index contributed by atoms with van der Waals surface area (Å²) in [7, 11) is 0. The molecule has 1 saturated heterocycles. The number of morpholine rings is 1. The van der Waals surface area contributed by atoms with Gasteiger partial charge in [0.2, 0.25) is 5.91 Å². The fourth-order valence-electron chi connectivity index (χ4n) is 2.47. The summed E-state index contributed by atoms with van der Waals surface area (Å²) in [4.78, 5) is 28.1. The normalized spacial score (nSPS) is 18.2. The van der Waals surface area contributed by atoms with E-state index in [2.05, 4.69) is 4.98 Å². The first-order valence-corrected chi connectivity index (χ1v) is 7.36. The van der Waals surface area contributed by atoms with Gasteiger partial charge in [0.1, 0.15) is 5.82 Å². The first-order chi connectivity index (χ1) is 10.5. The summed E-state index contributed by atoms with van der Waals surface area (Å²) in [5, 5.41) is 8.63. The molecular formula is C15H21N3O4. The second kappa shape index (κ2) is 7.74. The van der Waals surface area contributed by atoms with Crippen LogP contribution in [0, 0.1) is 0 Å². The maximum absolute atomic E-state index is 11.9. The molecule has 1 aliphatic rings. The van der Waals surface area contributed by atoms with Gasteiger partial charge in [0.15, 0.2) is 0 Å². The van der Waals surface area contributed by atoms with E-state index in [9.17, 15) is 9.59 Å². The van der Waals surface area contributed by atoms with Gasteiger partial charge in [0, 0.05) is 25.7 Å². The third kappa shape index (κ3) is 5.00. The minimum Gasteiger partial charge on any atom is -0.481 e. The average Bonchev–Trinajstić information content (AvgIpc) is 2.51. The van der Waals surface area contributed by atoms with E-state index in [1.807, 2.05) is 12.1 Å². The van der Waals surface area contributed by atoms with Crippen LogP contribution in [0.2, 0.25) is 0 Å². The Labute approximate surface area is 129 Å². The fourth-order valence-corrected chi connectivity index (χ4v) is 2.47. The molecule has 7 heteroatoms. The van der Waals surface area contributed by atoms with Gasteiger partial charge >= 0.3 is 5.97 Å². The van der Waals surface area contributed by atoms with Crippen LogP contribution in [-0.4, -0.2) is 52.7 Å². The molecule has 1 atom stereocenters. The first-order valence-electron chi connectivity index (χ1n) is 7.36. The molecule has 1 aromatic heterocycles. The molecule has 1 aliphatic heterocycles. The number of nitrogens with zero attached hydrogens (tertiary/aromatic N) is 2. The van der Waals surface area contributed by atoms with E-state index in [1.54, 1.807) is 11.1 Å². The van der Waals surface area contributed by atoms with Crippen LogP contribution in [-0.2, 0) is 20.7 Å². The van der Waals surface area contributed by atoms with Crippen LogP contribution in [0.4, 0.5) is 5.82 Å². The summed E-state index contributed by atoms with van der Waals surface area (Å²) in [6, 6.07) is 3.74. The molecule has 2 heterocycles. The monoisotopic (exact) mass is 307 g/mol. The Bertz CT molecular complexity index is 535. The fraction of sp³-hybridized carbons (Fsp3) is 0.533. The zero-order valence-electron chi connectivity index (χ0n) is 12.4. The number of anilines is 1. The van der Waals surface area contributed by atoms with E-state index >= 15 is 0 Å². The number of hydrogen-bond acceptors (Lipinski definition) is 5. The van der Waals surface area contributed by atoms with Crippen molar-refractivity contribution < 1.29 is 19.4 Å². The van der Waals surface area contributed by atoms with Gasteiger partial charge in [-0.05, 0) is 30.5 Å². The molecule has 0 aromatic carbocycles. The number of pyridine rings is 1. The van der Waals surface area contributed by atoms with E-state index in [1.165, 1.54) is 0 Å². The Morgan fingerprint density at radius 3 is 3.00 bits per heavy atom. The van der Waals surface area contributed by atoms with Crippen molar-refractivity contribution in [3.8, 4) is 0 Å². The number of aromatic nitrogens is 1. The minimum atomic E-state index is -0.951. The number of ether oxygens (including phenoxy) is 1. The lowest BCUT2D eigenvalue weighted by Crippen LogP contribution is -2.45. The number of nitrogens with two attached hydrogens (primary N) is 1. The van der Waals surface area contributed by atoms with Crippen LogP contribution in [0.5, 0.6) is 0 Å². The van der Waals surface area contributed by atoms with Gasteiger partial charge in [-0.15, -0.1) is 0 Å². The molecule has 0 saturated carbocycles. The van der Waals surface area contributed by atoms with Gasteiger partial charge in [-0.2, -0.15) is 0 Å². The number of hydrogen-bond donors (Lipinski definition) is 2. The Morgan fingerprint density at radius 1 is 1.45 bits per heavy atom. The molecule has 120 valence electrons. The molecular weight excluding hydrogens is 286 g/mol. The maximum Gasteiger partial charge on any atom is 0.303 e.